The van der Waals surface area contributed by atoms with Gasteiger partial charge in [0.05, 0.1) is 0 Å². The van der Waals surface area contributed by atoms with Crippen molar-refractivity contribution in [2.24, 2.45) is 0 Å². The molecule has 28 heavy (non-hydrogen) atoms. The number of likely N-dealkylation sites (N-methyl/N-ethyl adjacent to an activating group) is 1. The number of rotatable bonds is 10. The Labute approximate surface area is 171 Å². The highest BCUT2D eigenvalue weighted by molar-refractivity contribution is 5.30. The zero-order valence-corrected chi connectivity index (χ0v) is 17.8. The van der Waals surface area contributed by atoms with Gasteiger partial charge in [0, 0.05) is 38.3 Å². The Balaban J connectivity index is 1.97. The summed E-state index contributed by atoms with van der Waals surface area (Å²) < 4.78 is 0. The molecule has 3 rings (SSSR count). The molecule has 0 aromatic heterocycles. The smallest absolute Gasteiger partial charge is 0.123 e. The first-order valence-electron chi connectivity index (χ1n) is 11.0. The Bertz CT molecular complexity index is 725. The highest BCUT2D eigenvalue weighted by Crippen LogP contribution is 2.44. The molecule has 2 nitrogen and oxygen atoms in total. The first-order valence-corrected chi connectivity index (χ1v) is 11.0. The summed E-state index contributed by atoms with van der Waals surface area (Å²) in [4.78, 5) is 5.11. The molecule has 2 heteroatoms. The molecule has 2 aromatic carbocycles. The zero-order valence-electron chi connectivity index (χ0n) is 17.8. The topological polar surface area (TPSA) is 6.48 Å². The van der Waals surface area contributed by atoms with E-state index in [1.54, 1.807) is 0 Å². The summed E-state index contributed by atoms with van der Waals surface area (Å²) in [5.74, 6) is 0.445. The molecule has 0 fully saturated rings. The van der Waals surface area contributed by atoms with Crippen LogP contribution in [0.5, 0.6) is 0 Å². The Kier molecular flexibility index (Phi) is 7.19. The summed E-state index contributed by atoms with van der Waals surface area (Å²) in [6.07, 6.45) is 11.9. The van der Waals surface area contributed by atoms with E-state index in [2.05, 4.69) is 104 Å². The maximum Gasteiger partial charge on any atom is 0.123 e. The molecule has 2 atom stereocenters. The molecule has 0 aliphatic carbocycles. The minimum absolute atomic E-state index is 0.0519. The van der Waals surface area contributed by atoms with Crippen molar-refractivity contribution < 1.29 is 0 Å². The highest BCUT2D eigenvalue weighted by atomic mass is 15.4. The van der Waals surface area contributed by atoms with E-state index in [-0.39, 0.29) is 5.66 Å². The fourth-order valence-corrected chi connectivity index (χ4v) is 4.82. The van der Waals surface area contributed by atoms with E-state index in [1.165, 1.54) is 36.8 Å². The third-order valence-corrected chi connectivity index (χ3v) is 6.31. The normalized spacial score (nSPS) is 20.0. The van der Waals surface area contributed by atoms with Gasteiger partial charge >= 0.3 is 0 Å². The maximum absolute atomic E-state index is 2.64. The maximum atomic E-state index is 2.64. The standard InChI is InChI=1S/C26H36N2/c1-4-6-7-14-19-28-21-20-27(3)26(28,22-23-15-10-8-11-16-23)25(5-2)24-17-12-9-13-18-24/h8-13,15-18,20-21,25H,4-7,14,19,22H2,1-3H3. The molecular weight excluding hydrogens is 340 g/mol. The molecule has 0 amide bonds. The van der Waals surface area contributed by atoms with Crippen LogP contribution in [0.4, 0.5) is 0 Å². The van der Waals surface area contributed by atoms with Crippen LogP contribution in [0, 0.1) is 0 Å². The number of nitrogens with zero attached hydrogens (tertiary/aromatic N) is 2. The largest absolute Gasteiger partial charge is 0.356 e. The van der Waals surface area contributed by atoms with Gasteiger partial charge < -0.3 is 9.80 Å². The van der Waals surface area contributed by atoms with Crippen molar-refractivity contribution in [3.8, 4) is 0 Å². The summed E-state index contributed by atoms with van der Waals surface area (Å²) in [7, 11) is 2.26. The lowest BCUT2D eigenvalue weighted by Gasteiger charge is -2.50. The van der Waals surface area contributed by atoms with Crippen LogP contribution in [0.15, 0.2) is 73.1 Å². The fraction of sp³-hybridized carbons (Fsp3) is 0.462. The van der Waals surface area contributed by atoms with E-state index in [0.29, 0.717) is 5.92 Å². The lowest BCUT2D eigenvalue weighted by Crippen LogP contribution is -2.58. The Morgan fingerprint density at radius 3 is 2.14 bits per heavy atom. The molecule has 0 N–H and O–H groups in total. The third-order valence-electron chi connectivity index (χ3n) is 6.31. The molecule has 150 valence electrons. The predicted octanol–water partition coefficient (Wildman–Crippen LogP) is 6.42. The average molecular weight is 377 g/mol. The van der Waals surface area contributed by atoms with Gasteiger partial charge in [-0.15, -0.1) is 0 Å². The van der Waals surface area contributed by atoms with Crippen LogP contribution in [-0.2, 0) is 6.42 Å². The summed E-state index contributed by atoms with van der Waals surface area (Å²) in [5.41, 5.74) is 2.80. The Morgan fingerprint density at radius 2 is 1.50 bits per heavy atom. The highest BCUT2D eigenvalue weighted by Gasteiger charge is 2.47. The van der Waals surface area contributed by atoms with E-state index in [1.807, 2.05) is 0 Å². The zero-order chi connectivity index (χ0) is 19.8. The molecule has 0 saturated carbocycles. The Hall–Kier alpha value is -2.22. The number of benzene rings is 2. The third kappa shape index (κ3) is 4.27. The second kappa shape index (κ2) is 9.82. The van der Waals surface area contributed by atoms with Crippen LogP contribution in [0.25, 0.3) is 0 Å². The number of hydrogen-bond donors (Lipinski definition) is 0. The van der Waals surface area contributed by atoms with E-state index in [4.69, 9.17) is 0 Å². The lowest BCUT2D eigenvalue weighted by atomic mass is 9.78. The van der Waals surface area contributed by atoms with Crippen molar-refractivity contribution >= 4 is 0 Å². The first kappa shape index (κ1) is 20.5. The monoisotopic (exact) mass is 376 g/mol. The van der Waals surface area contributed by atoms with Gasteiger partial charge in [-0.25, -0.2) is 0 Å². The molecule has 1 aliphatic rings. The fourth-order valence-electron chi connectivity index (χ4n) is 4.82. The van der Waals surface area contributed by atoms with Crippen LogP contribution in [0.3, 0.4) is 0 Å². The van der Waals surface area contributed by atoms with Crippen molar-refractivity contribution in [1.29, 1.82) is 0 Å². The van der Waals surface area contributed by atoms with Crippen molar-refractivity contribution in [3.63, 3.8) is 0 Å². The van der Waals surface area contributed by atoms with Crippen molar-refractivity contribution in [3.05, 3.63) is 84.2 Å². The molecule has 1 heterocycles. The first-order chi connectivity index (χ1) is 13.7. The van der Waals surface area contributed by atoms with Gasteiger partial charge in [-0.05, 0) is 24.0 Å². The lowest BCUT2D eigenvalue weighted by molar-refractivity contribution is 0.0121. The SMILES string of the molecule is CCCCCCN1C=CN(C)C1(Cc1ccccc1)C(CC)c1ccccc1. The van der Waals surface area contributed by atoms with E-state index in [9.17, 15) is 0 Å². The minimum atomic E-state index is -0.0519. The summed E-state index contributed by atoms with van der Waals surface area (Å²) in [6, 6.07) is 22.1. The van der Waals surface area contributed by atoms with Gasteiger partial charge in [-0.3, -0.25) is 0 Å². The number of unbranched alkanes of at least 4 members (excludes halogenated alkanes) is 3. The Morgan fingerprint density at radius 1 is 0.821 bits per heavy atom. The van der Waals surface area contributed by atoms with Crippen LogP contribution in [-0.4, -0.2) is 29.1 Å². The van der Waals surface area contributed by atoms with Gasteiger partial charge in [-0.2, -0.15) is 0 Å². The molecule has 1 aliphatic heterocycles. The molecule has 0 saturated heterocycles. The summed E-state index contributed by atoms with van der Waals surface area (Å²) in [6.45, 7) is 5.74. The van der Waals surface area contributed by atoms with Crippen LogP contribution >= 0.6 is 0 Å². The van der Waals surface area contributed by atoms with Crippen molar-refractivity contribution in [1.82, 2.24) is 9.80 Å². The second-order valence-corrected chi connectivity index (χ2v) is 8.08. The summed E-state index contributed by atoms with van der Waals surface area (Å²) >= 11 is 0. The number of hydrogen-bond acceptors (Lipinski definition) is 2. The average Bonchev–Trinajstić information content (AvgIpc) is 3.03. The molecule has 0 radical (unpaired) electrons. The van der Waals surface area contributed by atoms with E-state index in [0.717, 1.165) is 19.4 Å². The van der Waals surface area contributed by atoms with E-state index < -0.39 is 0 Å². The van der Waals surface area contributed by atoms with Gasteiger partial charge in [0.25, 0.3) is 0 Å². The van der Waals surface area contributed by atoms with Gasteiger partial charge in [-0.1, -0.05) is 93.8 Å². The quantitative estimate of drug-likeness (QED) is 0.442. The van der Waals surface area contributed by atoms with Gasteiger partial charge in [0.15, 0.2) is 0 Å². The summed E-state index contributed by atoms with van der Waals surface area (Å²) in [5, 5.41) is 0. The minimum Gasteiger partial charge on any atom is -0.356 e. The molecular formula is C26H36N2. The van der Waals surface area contributed by atoms with Crippen LogP contribution < -0.4 is 0 Å². The predicted molar refractivity (Wildman–Crippen MR) is 120 cm³/mol. The molecule has 2 unspecified atom stereocenters. The van der Waals surface area contributed by atoms with Crippen molar-refractivity contribution in [2.75, 3.05) is 13.6 Å². The van der Waals surface area contributed by atoms with Crippen molar-refractivity contribution in [2.45, 2.75) is 64.0 Å². The van der Waals surface area contributed by atoms with Gasteiger partial charge in [0.2, 0.25) is 0 Å². The van der Waals surface area contributed by atoms with Crippen LogP contribution in [0.2, 0.25) is 0 Å². The molecule has 0 bridgehead atoms. The van der Waals surface area contributed by atoms with Gasteiger partial charge in [0.1, 0.15) is 5.66 Å². The van der Waals surface area contributed by atoms with E-state index >= 15 is 0 Å². The molecule has 2 aromatic rings. The molecule has 0 spiro atoms. The van der Waals surface area contributed by atoms with Crippen LogP contribution in [0.1, 0.15) is 63.0 Å². The second-order valence-electron chi connectivity index (χ2n) is 8.08.